The molecule has 4 aromatic rings. The van der Waals surface area contributed by atoms with Gasteiger partial charge in [-0.25, -0.2) is 0 Å². The van der Waals surface area contributed by atoms with Crippen molar-refractivity contribution in [1.82, 2.24) is 19.9 Å². The molecule has 0 aliphatic carbocycles. The SMILES string of the molecule is O=C(NCc1nnc2c(Cl)cc(C(F)(F)F)cn12)c1cccc(Oc2ccccc2)c1. The Kier molecular flexibility index (Phi) is 5.51. The summed E-state index contributed by atoms with van der Waals surface area (Å²) < 4.78 is 46.0. The molecule has 0 aliphatic heterocycles. The maximum Gasteiger partial charge on any atom is 0.417 e. The molecule has 0 bridgehead atoms. The van der Waals surface area contributed by atoms with Gasteiger partial charge in [0.1, 0.15) is 11.5 Å². The first-order chi connectivity index (χ1) is 14.8. The molecule has 0 saturated carbocycles. The molecular formula is C21H14ClF3N4O2. The van der Waals surface area contributed by atoms with Crippen LogP contribution in [0.2, 0.25) is 5.02 Å². The third-order valence-electron chi connectivity index (χ3n) is 4.34. The highest BCUT2D eigenvalue weighted by Crippen LogP contribution is 2.32. The van der Waals surface area contributed by atoms with E-state index in [1.807, 2.05) is 18.2 Å². The van der Waals surface area contributed by atoms with E-state index in [2.05, 4.69) is 15.5 Å². The Morgan fingerprint density at radius 3 is 2.52 bits per heavy atom. The lowest BCUT2D eigenvalue weighted by Gasteiger charge is -2.10. The van der Waals surface area contributed by atoms with Gasteiger partial charge in [0.25, 0.3) is 5.91 Å². The summed E-state index contributed by atoms with van der Waals surface area (Å²) in [7, 11) is 0. The zero-order valence-electron chi connectivity index (χ0n) is 15.7. The van der Waals surface area contributed by atoms with Gasteiger partial charge in [0.2, 0.25) is 0 Å². The number of pyridine rings is 1. The summed E-state index contributed by atoms with van der Waals surface area (Å²) in [5.74, 6) is 0.738. The van der Waals surface area contributed by atoms with Gasteiger partial charge >= 0.3 is 6.18 Å². The first kappa shape index (κ1) is 20.7. The molecule has 1 N–H and O–H groups in total. The van der Waals surface area contributed by atoms with Gasteiger partial charge in [-0.2, -0.15) is 13.2 Å². The molecule has 0 spiro atoms. The van der Waals surface area contributed by atoms with E-state index in [0.29, 0.717) is 17.1 Å². The molecule has 2 aromatic carbocycles. The molecule has 0 aliphatic rings. The van der Waals surface area contributed by atoms with E-state index in [4.69, 9.17) is 16.3 Å². The van der Waals surface area contributed by atoms with Crippen LogP contribution >= 0.6 is 11.6 Å². The number of rotatable bonds is 5. The first-order valence-electron chi connectivity index (χ1n) is 9.03. The summed E-state index contributed by atoms with van der Waals surface area (Å²) in [4.78, 5) is 12.5. The third-order valence-corrected chi connectivity index (χ3v) is 4.62. The highest BCUT2D eigenvalue weighted by atomic mass is 35.5. The Hall–Kier alpha value is -3.59. The number of aromatic nitrogens is 3. The van der Waals surface area contributed by atoms with Crippen molar-refractivity contribution < 1.29 is 22.7 Å². The van der Waals surface area contributed by atoms with Gasteiger partial charge in [0, 0.05) is 11.8 Å². The van der Waals surface area contributed by atoms with Crippen LogP contribution in [-0.2, 0) is 12.7 Å². The van der Waals surface area contributed by atoms with Crippen molar-refractivity contribution in [2.75, 3.05) is 0 Å². The Bertz CT molecular complexity index is 1240. The standard InChI is InChI=1S/C21H14ClF3N4O2/c22-17-10-14(21(23,24)25)12-29-18(27-28-19(17)29)11-26-20(30)13-5-4-8-16(9-13)31-15-6-2-1-3-7-15/h1-10,12H,11H2,(H,26,30). The van der Waals surface area contributed by atoms with Crippen molar-refractivity contribution in [2.24, 2.45) is 0 Å². The Balaban J connectivity index is 1.51. The quantitative estimate of drug-likeness (QED) is 0.462. The van der Waals surface area contributed by atoms with Crippen molar-refractivity contribution in [3.05, 3.63) is 88.8 Å². The Morgan fingerprint density at radius 1 is 1.03 bits per heavy atom. The number of hydrogen-bond acceptors (Lipinski definition) is 4. The number of halogens is 4. The number of alkyl halides is 3. The normalized spacial score (nSPS) is 11.5. The molecule has 10 heteroatoms. The molecule has 0 fully saturated rings. The molecule has 6 nitrogen and oxygen atoms in total. The van der Waals surface area contributed by atoms with Crippen molar-refractivity contribution in [2.45, 2.75) is 12.7 Å². The summed E-state index contributed by atoms with van der Waals surface area (Å²) in [5, 5.41) is 10.1. The van der Waals surface area contributed by atoms with Gasteiger partial charge in [-0.1, -0.05) is 35.9 Å². The molecule has 2 heterocycles. The number of ether oxygens (including phenoxy) is 1. The van der Waals surface area contributed by atoms with Gasteiger partial charge in [-0.05, 0) is 36.4 Å². The van der Waals surface area contributed by atoms with Crippen molar-refractivity contribution in [1.29, 1.82) is 0 Å². The summed E-state index contributed by atoms with van der Waals surface area (Å²) >= 11 is 5.90. The average Bonchev–Trinajstić information content (AvgIpc) is 3.16. The summed E-state index contributed by atoms with van der Waals surface area (Å²) in [5.41, 5.74) is -0.559. The maximum atomic E-state index is 13.1. The summed E-state index contributed by atoms with van der Waals surface area (Å²) in [6.45, 7) is -0.151. The van der Waals surface area contributed by atoms with Crippen LogP contribution < -0.4 is 10.1 Å². The lowest BCUT2D eigenvalue weighted by atomic mass is 10.2. The predicted octanol–water partition coefficient (Wildman–Crippen LogP) is 5.12. The number of nitrogens with zero attached hydrogens (tertiary/aromatic N) is 3. The Morgan fingerprint density at radius 2 is 1.77 bits per heavy atom. The molecule has 31 heavy (non-hydrogen) atoms. The van der Waals surface area contributed by atoms with Gasteiger partial charge in [-0.15, -0.1) is 10.2 Å². The monoisotopic (exact) mass is 446 g/mol. The number of amides is 1. The van der Waals surface area contributed by atoms with E-state index in [1.165, 1.54) is 0 Å². The Labute approximate surface area is 179 Å². The summed E-state index contributed by atoms with van der Waals surface area (Å²) in [6.07, 6.45) is -3.74. The smallest absolute Gasteiger partial charge is 0.417 e. The minimum atomic E-state index is -4.58. The zero-order valence-corrected chi connectivity index (χ0v) is 16.5. The first-order valence-corrected chi connectivity index (χ1v) is 9.40. The maximum absolute atomic E-state index is 13.1. The van der Waals surface area contributed by atoms with E-state index >= 15 is 0 Å². The van der Waals surface area contributed by atoms with Crippen LogP contribution in [-0.4, -0.2) is 20.5 Å². The molecule has 0 saturated heterocycles. The van der Waals surface area contributed by atoms with Gasteiger partial charge in [0.15, 0.2) is 11.5 Å². The second kappa shape index (κ2) is 8.27. The van der Waals surface area contributed by atoms with Gasteiger partial charge < -0.3 is 10.1 Å². The molecule has 0 unspecified atom stereocenters. The summed E-state index contributed by atoms with van der Waals surface area (Å²) in [6, 6.07) is 16.4. The fourth-order valence-electron chi connectivity index (χ4n) is 2.86. The largest absolute Gasteiger partial charge is 0.457 e. The van der Waals surface area contributed by atoms with E-state index in [-0.39, 0.29) is 23.0 Å². The number of carbonyl (C=O) groups excluding carboxylic acids is 1. The van der Waals surface area contributed by atoms with Crippen LogP contribution in [0.3, 0.4) is 0 Å². The molecule has 158 valence electrons. The number of benzene rings is 2. The number of nitrogens with one attached hydrogen (secondary N) is 1. The number of carbonyl (C=O) groups is 1. The number of hydrogen-bond donors (Lipinski definition) is 1. The van der Waals surface area contributed by atoms with Crippen molar-refractivity contribution in [3.63, 3.8) is 0 Å². The minimum Gasteiger partial charge on any atom is -0.457 e. The van der Waals surface area contributed by atoms with Crippen LogP contribution in [0, 0.1) is 0 Å². The molecule has 0 radical (unpaired) electrons. The second-order valence-electron chi connectivity index (χ2n) is 6.51. The van der Waals surface area contributed by atoms with E-state index in [1.54, 1.807) is 36.4 Å². The van der Waals surface area contributed by atoms with Gasteiger partial charge in [0.05, 0.1) is 17.1 Å². The van der Waals surface area contributed by atoms with Crippen LogP contribution in [0.15, 0.2) is 66.9 Å². The highest BCUT2D eigenvalue weighted by molar-refractivity contribution is 6.33. The molecule has 2 aromatic heterocycles. The fraction of sp³-hybridized carbons (Fsp3) is 0.0952. The molecule has 4 rings (SSSR count). The van der Waals surface area contributed by atoms with E-state index in [9.17, 15) is 18.0 Å². The molecule has 0 atom stereocenters. The average molecular weight is 447 g/mol. The predicted molar refractivity (Wildman–Crippen MR) is 107 cm³/mol. The lowest BCUT2D eigenvalue weighted by molar-refractivity contribution is -0.137. The van der Waals surface area contributed by atoms with Crippen LogP contribution in [0.25, 0.3) is 5.65 Å². The van der Waals surface area contributed by atoms with Crippen LogP contribution in [0.1, 0.15) is 21.7 Å². The van der Waals surface area contributed by atoms with Crippen LogP contribution in [0.4, 0.5) is 13.2 Å². The van der Waals surface area contributed by atoms with Gasteiger partial charge in [-0.3, -0.25) is 9.20 Å². The number of para-hydroxylation sites is 1. The second-order valence-corrected chi connectivity index (χ2v) is 6.92. The minimum absolute atomic E-state index is 0.0668. The highest BCUT2D eigenvalue weighted by Gasteiger charge is 2.32. The third kappa shape index (κ3) is 4.61. The van der Waals surface area contributed by atoms with E-state index < -0.39 is 17.6 Å². The van der Waals surface area contributed by atoms with Crippen molar-refractivity contribution >= 4 is 23.2 Å². The lowest BCUT2D eigenvalue weighted by Crippen LogP contribution is -2.24. The van der Waals surface area contributed by atoms with Crippen molar-refractivity contribution in [3.8, 4) is 11.5 Å². The molecular weight excluding hydrogens is 433 g/mol. The topological polar surface area (TPSA) is 68.5 Å². The zero-order chi connectivity index (χ0) is 22.0. The van der Waals surface area contributed by atoms with E-state index in [0.717, 1.165) is 16.7 Å². The molecule has 1 amide bonds. The number of fused-ring (bicyclic) bond motifs is 1. The fourth-order valence-corrected chi connectivity index (χ4v) is 3.11. The van der Waals surface area contributed by atoms with Crippen LogP contribution in [0.5, 0.6) is 11.5 Å².